The molecule has 6 heteroatoms. The number of hydrogen-bond donors (Lipinski definition) is 1. The number of aromatic nitrogens is 2. The second-order valence-electron chi connectivity index (χ2n) is 6.17. The SMILES string of the molecule is Cc1nccn1CCCN(C)C(=O)c1ccc2c(c1)CCC(=O)N2. The number of carbonyl (C=O) groups is 2. The molecular formula is C18H22N4O2. The molecule has 1 N–H and O–H groups in total. The second kappa shape index (κ2) is 6.86. The van der Waals surface area contributed by atoms with Gasteiger partial charge in [-0.05, 0) is 43.5 Å². The molecule has 0 atom stereocenters. The number of nitrogens with one attached hydrogen (secondary N) is 1. The zero-order valence-corrected chi connectivity index (χ0v) is 14.1. The van der Waals surface area contributed by atoms with Crippen molar-refractivity contribution in [2.75, 3.05) is 18.9 Å². The van der Waals surface area contributed by atoms with E-state index in [0.717, 1.165) is 30.0 Å². The van der Waals surface area contributed by atoms with E-state index in [1.165, 1.54) is 0 Å². The molecule has 0 unspecified atom stereocenters. The number of aryl methyl sites for hydroxylation is 3. The summed E-state index contributed by atoms with van der Waals surface area (Å²) in [5, 5.41) is 2.84. The van der Waals surface area contributed by atoms with Gasteiger partial charge in [-0.2, -0.15) is 0 Å². The molecule has 1 aromatic heterocycles. The first kappa shape index (κ1) is 16.2. The molecule has 0 aliphatic carbocycles. The van der Waals surface area contributed by atoms with Gasteiger partial charge in [-0.3, -0.25) is 9.59 Å². The van der Waals surface area contributed by atoms with Gasteiger partial charge in [0.05, 0.1) is 0 Å². The first-order valence-corrected chi connectivity index (χ1v) is 8.20. The molecule has 2 amide bonds. The van der Waals surface area contributed by atoms with Gasteiger partial charge in [0.2, 0.25) is 5.91 Å². The average Bonchev–Trinajstić information content (AvgIpc) is 2.98. The quantitative estimate of drug-likeness (QED) is 0.916. The third-order valence-electron chi connectivity index (χ3n) is 4.41. The van der Waals surface area contributed by atoms with Gasteiger partial charge >= 0.3 is 0 Å². The Labute approximate surface area is 141 Å². The van der Waals surface area contributed by atoms with Crippen LogP contribution in [0, 0.1) is 6.92 Å². The Morgan fingerprint density at radius 1 is 1.38 bits per heavy atom. The van der Waals surface area contributed by atoms with Crippen LogP contribution < -0.4 is 5.32 Å². The van der Waals surface area contributed by atoms with Gasteiger partial charge in [0.25, 0.3) is 5.91 Å². The van der Waals surface area contributed by atoms with E-state index in [0.29, 0.717) is 24.9 Å². The van der Waals surface area contributed by atoms with Gasteiger partial charge < -0.3 is 14.8 Å². The zero-order chi connectivity index (χ0) is 17.1. The molecular weight excluding hydrogens is 304 g/mol. The van der Waals surface area contributed by atoms with Crippen LogP contribution in [0.4, 0.5) is 5.69 Å². The molecule has 0 fully saturated rings. The molecule has 126 valence electrons. The first-order valence-electron chi connectivity index (χ1n) is 8.20. The van der Waals surface area contributed by atoms with Crippen molar-refractivity contribution in [2.24, 2.45) is 0 Å². The van der Waals surface area contributed by atoms with Crippen LogP contribution in [-0.2, 0) is 17.8 Å². The first-order chi connectivity index (χ1) is 11.5. The monoisotopic (exact) mass is 326 g/mol. The number of fused-ring (bicyclic) bond motifs is 1. The van der Waals surface area contributed by atoms with Crippen LogP contribution in [0.5, 0.6) is 0 Å². The molecule has 1 aliphatic rings. The van der Waals surface area contributed by atoms with Crippen LogP contribution in [0.1, 0.15) is 34.6 Å². The Morgan fingerprint density at radius 3 is 2.96 bits per heavy atom. The summed E-state index contributed by atoms with van der Waals surface area (Å²) in [6.07, 6.45) is 5.78. The van der Waals surface area contributed by atoms with E-state index in [9.17, 15) is 9.59 Å². The van der Waals surface area contributed by atoms with Gasteiger partial charge in [-0.15, -0.1) is 0 Å². The minimum Gasteiger partial charge on any atom is -0.342 e. The fraction of sp³-hybridized carbons (Fsp3) is 0.389. The lowest BCUT2D eigenvalue weighted by Gasteiger charge is -2.20. The van der Waals surface area contributed by atoms with Crippen molar-refractivity contribution >= 4 is 17.5 Å². The third-order valence-corrected chi connectivity index (χ3v) is 4.41. The Bertz CT molecular complexity index is 766. The van der Waals surface area contributed by atoms with E-state index >= 15 is 0 Å². The van der Waals surface area contributed by atoms with Gasteiger partial charge in [-0.25, -0.2) is 4.98 Å². The lowest BCUT2D eigenvalue weighted by atomic mass is 10.00. The van der Waals surface area contributed by atoms with Crippen molar-refractivity contribution in [1.29, 1.82) is 0 Å². The average molecular weight is 326 g/mol. The zero-order valence-electron chi connectivity index (χ0n) is 14.1. The normalized spacial score (nSPS) is 13.3. The molecule has 24 heavy (non-hydrogen) atoms. The lowest BCUT2D eigenvalue weighted by Crippen LogP contribution is -2.29. The van der Waals surface area contributed by atoms with Crippen LogP contribution in [0.3, 0.4) is 0 Å². The second-order valence-corrected chi connectivity index (χ2v) is 6.17. The lowest BCUT2D eigenvalue weighted by molar-refractivity contribution is -0.116. The summed E-state index contributed by atoms with van der Waals surface area (Å²) in [4.78, 5) is 29.9. The van der Waals surface area contributed by atoms with Crippen molar-refractivity contribution in [2.45, 2.75) is 32.7 Å². The topological polar surface area (TPSA) is 67.2 Å². The molecule has 2 heterocycles. The third kappa shape index (κ3) is 3.48. The van der Waals surface area contributed by atoms with Crippen LogP contribution in [0.15, 0.2) is 30.6 Å². The molecule has 3 rings (SSSR count). The minimum absolute atomic E-state index is 0.0112. The van der Waals surface area contributed by atoms with Crippen LogP contribution in [0.25, 0.3) is 0 Å². The Kier molecular flexibility index (Phi) is 4.64. The Morgan fingerprint density at radius 2 is 2.21 bits per heavy atom. The summed E-state index contributed by atoms with van der Waals surface area (Å²) in [7, 11) is 1.82. The van der Waals surface area contributed by atoms with Crippen LogP contribution in [0.2, 0.25) is 0 Å². The highest BCUT2D eigenvalue weighted by atomic mass is 16.2. The van der Waals surface area contributed by atoms with E-state index in [-0.39, 0.29) is 11.8 Å². The molecule has 0 saturated heterocycles. The molecule has 0 bridgehead atoms. The number of anilines is 1. The van der Waals surface area contributed by atoms with Crippen molar-refractivity contribution < 1.29 is 9.59 Å². The fourth-order valence-corrected chi connectivity index (χ4v) is 2.96. The predicted octanol–water partition coefficient (Wildman–Crippen LogP) is 2.24. The summed E-state index contributed by atoms with van der Waals surface area (Å²) in [5.41, 5.74) is 2.52. The van der Waals surface area contributed by atoms with Gasteiger partial charge in [0, 0.05) is 50.2 Å². The van der Waals surface area contributed by atoms with E-state index in [1.807, 2.05) is 32.3 Å². The number of amides is 2. The van der Waals surface area contributed by atoms with Gasteiger partial charge in [-0.1, -0.05) is 0 Å². The van der Waals surface area contributed by atoms with Crippen molar-refractivity contribution in [1.82, 2.24) is 14.5 Å². The molecule has 1 aliphatic heterocycles. The van der Waals surface area contributed by atoms with Crippen LogP contribution in [-0.4, -0.2) is 39.9 Å². The number of imidazole rings is 1. The Hall–Kier alpha value is -2.63. The van der Waals surface area contributed by atoms with Gasteiger partial charge in [0.15, 0.2) is 0 Å². The minimum atomic E-state index is 0.0112. The standard InChI is InChI=1S/C18H22N4O2/c1-13-19-8-11-22(13)10-3-9-21(2)18(24)15-4-6-16-14(12-15)5-7-17(23)20-16/h4,6,8,11-12H,3,5,7,9-10H2,1-2H3,(H,20,23). The number of rotatable bonds is 5. The Balaban J connectivity index is 1.59. The van der Waals surface area contributed by atoms with Crippen LogP contribution >= 0.6 is 0 Å². The number of hydrogen-bond acceptors (Lipinski definition) is 3. The largest absolute Gasteiger partial charge is 0.342 e. The molecule has 0 saturated carbocycles. The highest BCUT2D eigenvalue weighted by Crippen LogP contribution is 2.24. The molecule has 0 radical (unpaired) electrons. The molecule has 6 nitrogen and oxygen atoms in total. The number of carbonyl (C=O) groups excluding carboxylic acids is 2. The van der Waals surface area contributed by atoms with E-state index in [2.05, 4.69) is 14.9 Å². The van der Waals surface area contributed by atoms with Crippen molar-refractivity contribution in [3.63, 3.8) is 0 Å². The summed E-state index contributed by atoms with van der Waals surface area (Å²) in [5.74, 6) is 1.03. The maximum absolute atomic E-state index is 12.6. The summed E-state index contributed by atoms with van der Waals surface area (Å²) in [6, 6.07) is 5.50. The van der Waals surface area contributed by atoms with Gasteiger partial charge in [0.1, 0.15) is 5.82 Å². The molecule has 1 aromatic carbocycles. The maximum Gasteiger partial charge on any atom is 0.253 e. The molecule has 2 aromatic rings. The number of benzene rings is 1. The summed E-state index contributed by atoms with van der Waals surface area (Å²) >= 11 is 0. The summed E-state index contributed by atoms with van der Waals surface area (Å²) < 4.78 is 2.08. The van der Waals surface area contributed by atoms with Crippen molar-refractivity contribution in [3.05, 3.63) is 47.5 Å². The highest BCUT2D eigenvalue weighted by molar-refractivity contribution is 5.97. The van der Waals surface area contributed by atoms with Crippen molar-refractivity contribution in [3.8, 4) is 0 Å². The maximum atomic E-state index is 12.6. The summed E-state index contributed by atoms with van der Waals surface area (Å²) in [6.45, 7) is 3.50. The van der Waals surface area contributed by atoms with E-state index in [4.69, 9.17) is 0 Å². The van der Waals surface area contributed by atoms with E-state index < -0.39 is 0 Å². The van der Waals surface area contributed by atoms with E-state index in [1.54, 1.807) is 17.2 Å². The highest BCUT2D eigenvalue weighted by Gasteiger charge is 2.18. The predicted molar refractivity (Wildman–Crippen MR) is 91.9 cm³/mol. The smallest absolute Gasteiger partial charge is 0.253 e. The number of nitrogens with zero attached hydrogens (tertiary/aromatic N) is 3. The molecule has 0 spiro atoms. The fourth-order valence-electron chi connectivity index (χ4n) is 2.96.